The number of hydrazine groups is 1. The van der Waals surface area contributed by atoms with Gasteiger partial charge in [0.25, 0.3) is 0 Å². The number of para-hydroxylation sites is 1. The number of amides is 2. The van der Waals surface area contributed by atoms with Crippen LogP contribution in [0.5, 0.6) is 0 Å². The van der Waals surface area contributed by atoms with Crippen LogP contribution in [0.4, 0.5) is 5.69 Å². The minimum atomic E-state index is -1.14. The Morgan fingerprint density at radius 1 is 1.12 bits per heavy atom. The molecule has 0 aliphatic heterocycles. The van der Waals surface area contributed by atoms with Crippen LogP contribution < -0.4 is 5.43 Å². The van der Waals surface area contributed by atoms with Crippen molar-refractivity contribution in [3.8, 4) is 0 Å². The minimum absolute atomic E-state index is 0.0139. The van der Waals surface area contributed by atoms with Crippen LogP contribution in [0.15, 0.2) is 24.3 Å². The third-order valence-corrected chi connectivity index (χ3v) is 2.02. The molecule has 0 spiro atoms. The second kappa shape index (κ2) is 5.11. The van der Waals surface area contributed by atoms with Gasteiger partial charge in [0.15, 0.2) is 0 Å². The zero-order chi connectivity index (χ0) is 13.0. The van der Waals surface area contributed by atoms with Crippen molar-refractivity contribution in [1.82, 2.24) is 5.01 Å². The third kappa shape index (κ3) is 3.04. The molecule has 1 aromatic rings. The molecular formula is C11H12N2O4. The Labute approximate surface area is 97.8 Å². The van der Waals surface area contributed by atoms with Gasteiger partial charge in [-0.25, -0.2) is 4.79 Å². The average Bonchev–Trinajstić information content (AvgIpc) is 2.25. The molecular weight excluding hydrogens is 224 g/mol. The molecule has 6 nitrogen and oxygen atoms in total. The maximum absolute atomic E-state index is 11.2. The summed E-state index contributed by atoms with van der Waals surface area (Å²) >= 11 is 0. The molecule has 6 heteroatoms. The second-order valence-corrected chi connectivity index (χ2v) is 3.34. The Hall–Kier alpha value is -2.37. The zero-order valence-corrected chi connectivity index (χ0v) is 9.43. The summed E-state index contributed by atoms with van der Waals surface area (Å²) < 4.78 is 0. The quantitative estimate of drug-likeness (QED) is 0.767. The number of aromatic carboxylic acids is 1. The predicted octanol–water partition coefficient (Wildman–Crippen LogP) is 1.11. The van der Waals surface area contributed by atoms with E-state index in [0.29, 0.717) is 0 Å². The highest BCUT2D eigenvalue weighted by atomic mass is 16.4. The van der Waals surface area contributed by atoms with Crippen LogP contribution in [0.1, 0.15) is 24.2 Å². The lowest BCUT2D eigenvalue weighted by Gasteiger charge is -2.20. The smallest absolute Gasteiger partial charge is 0.337 e. The van der Waals surface area contributed by atoms with E-state index in [-0.39, 0.29) is 11.3 Å². The number of carboxylic acids is 1. The van der Waals surface area contributed by atoms with E-state index >= 15 is 0 Å². The number of hydrogen-bond acceptors (Lipinski definition) is 4. The van der Waals surface area contributed by atoms with Crippen molar-refractivity contribution in [1.29, 1.82) is 0 Å². The Bertz CT molecular complexity index is 456. The molecule has 90 valence electrons. The normalized spacial score (nSPS) is 9.53. The van der Waals surface area contributed by atoms with Crippen LogP contribution in [0.3, 0.4) is 0 Å². The molecule has 0 aliphatic carbocycles. The SMILES string of the molecule is CC(=O)N(Nc1ccccc1C(=O)O)C(C)=O. The van der Waals surface area contributed by atoms with E-state index in [2.05, 4.69) is 5.43 Å². The van der Waals surface area contributed by atoms with Crippen molar-refractivity contribution in [3.63, 3.8) is 0 Å². The minimum Gasteiger partial charge on any atom is -0.478 e. The first-order valence-corrected chi connectivity index (χ1v) is 4.83. The summed E-state index contributed by atoms with van der Waals surface area (Å²) in [6.45, 7) is 2.41. The fraction of sp³-hybridized carbons (Fsp3) is 0.182. The first-order valence-electron chi connectivity index (χ1n) is 4.83. The fourth-order valence-electron chi connectivity index (χ4n) is 1.27. The summed E-state index contributed by atoms with van der Waals surface area (Å²) in [6, 6.07) is 6.01. The number of carboxylic acid groups (broad SMARTS) is 1. The number of benzene rings is 1. The summed E-state index contributed by atoms with van der Waals surface area (Å²) in [5.74, 6) is -2.17. The third-order valence-electron chi connectivity index (χ3n) is 2.02. The molecule has 1 rings (SSSR count). The maximum atomic E-state index is 11.2. The van der Waals surface area contributed by atoms with Crippen LogP contribution in [-0.2, 0) is 9.59 Å². The van der Waals surface area contributed by atoms with E-state index in [9.17, 15) is 14.4 Å². The van der Waals surface area contributed by atoms with E-state index in [0.717, 1.165) is 5.01 Å². The van der Waals surface area contributed by atoms with Gasteiger partial charge in [-0.1, -0.05) is 12.1 Å². The van der Waals surface area contributed by atoms with Crippen LogP contribution in [0, 0.1) is 0 Å². The van der Waals surface area contributed by atoms with Crippen LogP contribution in [0.2, 0.25) is 0 Å². The van der Waals surface area contributed by atoms with E-state index in [1.165, 1.54) is 26.0 Å². The molecule has 0 aliphatic rings. The van der Waals surface area contributed by atoms with Crippen LogP contribution in [-0.4, -0.2) is 27.9 Å². The Balaban J connectivity index is 3.05. The van der Waals surface area contributed by atoms with Crippen molar-refractivity contribution in [3.05, 3.63) is 29.8 Å². The van der Waals surface area contributed by atoms with Crippen molar-refractivity contribution >= 4 is 23.5 Å². The monoisotopic (exact) mass is 236 g/mol. The summed E-state index contributed by atoms with van der Waals surface area (Å²) in [5.41, 5.74) is 2.65. The van der Waals surface area contributed by atoms with Gasteiger partial charge in [0.05, 0.1) is 11.3 Å². The highest BCUT2D eigenvalue weighted by Crippen LogP contribution is 2.15. The highest BCUT2D eigenvalue weighted by Gasteiger charge is 2.17. The lowest BCUT2D eigenvalue weighted by Crippen LogP contribution is -2.38. The van der Waals surface area contributed by atoms with Crippen LogP contribution in [0.25, 0.3) is 0 Å². The number of nitrogens with one attached hydrogen (secondary N) is 1. The number of anilines is 1. The van der Waals surface area contributed by atoms with Crippen molar-refractivity contribution in [2.45, 2.75) is 13.8 Å². The van der Waals surface area contributed by atoms with E-state index in [1.54, 1.807) is 12.1 Å². The molecule has 0 aromatic heterocycles. The van der Waals surface area contributed by atoms with Crippen molar-refractivity contribution in [2.24, 2.45) is 0 Å². The summed E-state index contributed by atoms with van der Waals surface area (Å²) in [5, 5.41) is 9.68. The van der Waals surface area contributed by atoms with Gasteiger partial charge in [-0.05, 0) is 12.1 Å². The lowest BCUT2D eigenvalue weighted by atomic mass is 10.2. The number of hydrogen-bond donors (Lipinski definition) is 2. The van der Waals surface area contributed by atoms with E-state index in [1.807, 2.05) is 0 Å². The van der Waals surface area contributed by atoms with E-state index in [4.69, 9.17) is 5.11 Å². The fourth-order valence-corrected chi connectivity index (χ4v) is 1.27. The number of carbonyl (C=O) groups is 3. The maximum Gasteiger partial charge on any atom is 0.337 e. The Morgan fingerprint density at radius 3 is 2.12 bits per heavy atom. The van der Waals surface area contributed by atoms with Gasteiger partial charge in [0, 0.05) is 13.8 Å². The molecule has 2 N–H and O–H groups in total. The van der Waals surface area contributed by atoms with Gasteiger partial charge in [-0.3, -0.25) is 15.0 Å². The summed E-state index contributed by atoms with van der Waals surface area (Å²) in [7, 11) is 0. The Kier molecular flexibility index (Phi) is 3.82. The number of imide groups is 1. The molecule has 17 heavy (non-hydrogen) atoms. The molecule has 0 atom stereocenters. The van der Waals surface area contributed by atoms with Gasteiger partial charge >= 0.3 is 5.97 Å². The molecule has 0 unspecified atom stereocenters. The molecule has 0 saturated carbocycles. The first-order chi connectivity index (χ1) is 7.93. The molecule has 0 heterocycles. The van der Waals surface area contributed by atoms with Gasteiger partial charge in [-0.15, -0.1) is 0 Å². The molecule has 0 fully saturated rings. The second-order valence-electron chi connectivity index (χ2n) is 3.34. The average molecular weight is 236 g/mol. The Morgan fingerprint density at radius 2 is 1.65 bits per heavy atom. The standard InChI is InChI=1S/C11H12N2O4/c1-7(14)13(8(2)15)12-10-6-4-3-5-9(10)11(16)17/h3-6,12H,1-2H3,(H,16,17). The predicted molar refractivity (Wildman–Crippen MR) is 60.2 cm³/mol. The molecule has 0 radical (unpaired) electrons. The van der Waals surface area contributed by atoms with Gasteiger partial charge in [0.2, 0.25) is 11.8 Å². The molecule has 1 aromatic carbocycles. The number of carbonyl (C=O) groups excluding carboxylic acids is 2. The molecule has 0 saturated heterocycles. The van der Waals surface area contributed by atoms with Crippen molar-refractivity contribution in [2.75, 3.05) is 5.43 Å². The van der Waals surface area contributed by atoms with Gasteiger partial charge in [-0.2, -0.15) is 5.01 Å². The van der Waals surface area contributed by atoms with Gasteiger partial charge < -0.3 is 5.11 Å². The molecule has 2 amide bonds. The molecule has 0 bridgehead atoms. The first kappa shape index (κ1) is 12.7. The van der Waals surface area contributed by atoms with Gasteiger partial charge in [0.1, 0.15) is 0 Å². The topological polar surface area (TPSA) is 86.7 Å². The highest BCUT2D eigenvalue weighted by molar-refractivity contribution is 5.97. The largest absolute Gasteiger partial charge is 0.478 e. The zero-order valence-electron chi connectivity index (χ0n) is 9.43. The van der Waals surface area contributed by atoms with E-state index < -0.39 is 17.8 Å². The number of nitrogens with zero attached hydrogens (tertiary/aromatic N) is 1. The lowest BCUT2D eigenvalue weighted by molar-refractivity contribution is -0.140. The van der Waals surface area contributed by atoms with Crippen LogP contribution >= 0.6 is 0 Å². The van der Waals surface area contributed by atoms with Crippen molar-refractivity contribution < 1.29 is 19.5 Å². The summed E-state index contributed by atoms with van der Waals surface area (Å²) in [4.78, 5) is 33.2. The summed E-state index contributed by atoms with van der Waals surface area (Å²) in [6.07, 6.45) is 0. The number of rotatable bonds is 3.